The van der Waals surface area contributed by atoms with E-state index in [4.69, 9.17) is 0 Å². The number of hydrogen-bond acceptors (Lipinski definition) is 0. The van der Waals surface area contributed by atoms with Crippen LogP contribution in [0, 0.1) is 13.8 Å². The van der Waals surface area contributed by atoms with E-state index in [0.29, 0.717) is 0 Å². The molecular formula is C11H18N. The molecule has 1 rings (SSSR count). The first-order chi connectivity index (χ1) is 5.83. The highest BCUT2D eigenvalue weighted by Gasteiger charge is 1.94. The van der Waals surface area contributed by atoms with Gasteiger partial charge >= 0.3 is 0 Å². The minimum absolute atomic E-state index is 1.08. The van der Waals surface area contributed by atoms with Gasteiger partial charge in [-0.25, -0.2) is 0 Å². The molecule has 0 atom stereocenters. The van der Waals surface area contributed by atoms with Crippen LogP contribution in [0.1, 0.15) is 36.9 Å². The zero-order valence-electron chi connectivity index (χ0n) is 7.90. The van der Waals surface area contributed by atoms with E-state index in [1.807, 2.05) is 0 Å². The molecule has 0 bridgehead atoms. The SMILES string of the molecule is [CH2]CCCCCc1c[nH]c(C)c1. The van der Waals surface area contributed by atoms with Gasteiger partial charge in [-0.1, -0.05) is 26.2 Å². The van der Waals surface area contributed by atoms with Crippen molar-refractivity contribution in [2.24, 2.45) is 0 Å². The van der Waals surface area contributed by atoms with E-state index in [0.717, 1.165) is 6.42 Å². The lowest BCUT2D eigenvalue weighted by Gasteiger charge is -1.96. The molecule has 0 fully saturated rings. The highest BCUT2D eigenvalue weighted by Crippen LogP contribution is 2.08. The fourth-order valence-electron chi connectivity index (χ4n) is 1.39. The van der Waals surface area contributed by atoms with Crippen LogP contribution in [0.3, 0.4) is 0 Å². The normalized spacial score (nSPS) is 10.5. The van der Waals surface area contributed by atoms with Crippen molar-refractivity contribution in [2.75, 3.05) is 0 Å². The summed E-state index contributed by atoms with van der Waals surface area (Å²) in [4.78, 5) is 3.20. The molecule has 1 heterocycles. The Kier molecular flexibility index (Phi) is 3.92. The minimum Gasteiger partial charge on any atom is -0.365 e. The quantitative estimate of drug-likeness (QED) is 0.643. The van der Waals surface area contributed by atoms with E-state index in [2.05, 4.69) is 31.1 Å². The smallest absolute Gasteiger partial charge is 0.0118 e. The Hall–Kier alpha value is -0.720. The number of nitrogens with one attached hydrogen (secondary N) is 1. The van der Waals surface area contributed by atoms with Crippen molar-refractivity contribution in [3.8, 4) is 0 Å². The van der Waals surface area contributed by atoms with Crippen LogP contribution in [0.4, 0.5) is 0 Å². The fraction of sp³-hybridized carbons (Fsp3) is 0.545. The summed E-state index contributed by atoms with van der Waals surface area (Å²) in [5, 5.41) is 0. The first-order valence-corrected chi connectivity index (χ1v) is 4.76. The second-order valence-corrected chi connectivity index (χ2v) is 3.36. The van der Waals surface area contributed by atoms with Gasteiger partial charge in [-0.2, -0.15) is 0 Å². The molecule has 12 heavy (non-hydrogen) atoms. The van der Waals surface area contributed by atoms with E-state index < -0.39 is 0 Å². The first kappa shape index (κ1) is 9.37. The molecule has 0 aliphatic rings. The number of rotatable bonds is 5. The summed E-state index contributed by atoms with van der Waals surface area (Å²) in [7, 11) is 0. The Bertz CT molecular complexity index is 213. The third-order valence-electron chi connectivity index (χ3n) is 2.10. The lowest BCUT2D eigenvalue weighted by atomic mass is 10.1. The van der Waals surface area contributed by atoms with Crippen LogP contribution in [-0.2, 0) is 6.42 Å². The van der Waals surface area contributed by atoms with Gasteiger partial charge in [0.25, 0.3) is 0 Å². The number of H-pyrrole nitrogens is 1. The largest absolute Gasteiger partial charge is 0.365 e. The predicted octanol–water partition coefficient (Wildman–Crippen LogP) is 3.26. The molecule has 0 aliphatic carbocycles. The van der Waals surface area contributed by atoms with Gasteiger partial charge in [-0.3, -0.25) is 0 Å². The van der Waals surface area contributed by atoms with Crippen LogP contribution in [0.5, 0.6) is 0 Å². The average Bonchev–Trinajstić information content (AvgIpc) is 2.45. The topological polar surface area (TPSA) is 15.8 Å². The monoisotopic (exact) mass is 164 g/mol. The van der Waals surface area contributed by atoms with Crippen molar-refractivity contribution in [2.45, 2.75) is 39.0 Å². The molecule has 1 heteroatoms. The highest BCUT2D eigenvalue weighted by atomic mass is 14.7. The molecule has 0 saturated carbocycles. The maximum atomic E-state index is 3.83. The summed E-state index contributed by atoms with van der Waals surface area (Å²) < 4.78 is 0. The van der Waals surface area contributed by atoms with Gasteiger partial charge in [-0.05, 0) is 31.4 Å². The molecule has 0 unspecified atom stereocenters. The average molecular weight is 164 g/mol. The standard InChI is InChI=1S/C11H18N/c1-3-4-5-6-7-11-8-10(2)12-9-11/h8-9,12H,1,3-7H2,2H3. The highest BCUT2D eigenvalue weighted by molar-refractivity contribution is 5.15. The van der Waals surface area contributed by atoms with Crippen molar-refractivity contribution < 1.29 is 0 Å². The summed E-state index contributed by atoms with van der Waals surface area (Å²) in [6.07, 6.45) is 8.28. The van der Waals surface area contributed by atoms with Gasteiger partial charge in [0.2, 0.25) is 0 Å². The summed E-state index contributed by atoms with van der Waals surface area (Å²) in [6.45, 7) is 5.92. The van der Waals surface area contributed by atoms with Crippen molar-refractivity contribution in [3.05, 3.63) is 30.4 Å². The summed E-state index contributed by atoms with van der Waals surface area (Å²) in [6, 6.07) is 2.23. The molecule has 0 aliphatic heterocycles. The Morgan fingerprint density at radius 2 is 2.17 bits per heavy atom. The van der Waals surface area contributed by atoms with Gasteiger partial charge in [0.1, 0.15) is 0 Å². The predicted molar refractivity (Wildman–Crippen MR) is 53.1 cm³/mol. The Morgan fingerprint density at radius 3 is 2.75 bits per heavy atom. The molecule has 1 aromatic heterocycles. The third kappa shape index (κ3) is 3.12. The Balaban J connectivity index is 2.15. The molecule has 0 aromatic carbocycles. The number of aromatic nitrogens is 1. The van der Waals surface area contributed by atoms with Gasteiger partial charge in [0.05, 0.1) is 0 Å². The number of hydrogen-bond donors (Lipinski definition) is 1. The molecule has 0 amide bonds. The molecule has 1 radical (unpaired) electrons. The van der Waals surface area contributed by atoms with Crippen LogP contribution in [0.25, 0.3) is 0 Å². The fourth-order valence-corrected chi connectivity index (χ4v) is 1.39. The molecular weight excluding hydrogens is 146 g/mol. The van der Waals surface area contributed by atoms with Crippen molar-refractivity contribution in [3.63, 3.8) is 0 Å². The van der Waals surface area contributed by atoms with E-state index in [1.54, 1.807) is 0 Å². The van der Waals surface area contributed by atoms with Gasteiger partial charge < -0.3 is 4.98 Å². The van der Waals surface area contributed by atoms with Crippen molar-refractivity contribution in [1.29, 1.82) is 0 Å². The Morgan fingerprint density at radius 1 is 1.33 bits per heavy atom. The maximum absolute atomic E-state index is 3.83. The Labute approximate surface area is 75.2 Å². The first-order valence-electron chi connectivity index (χ1n) is 4.76. The molecule has 1 N–H and O–H groups in total. The van der Waals surface area contributed by atoms with Crippen LogP contribution < -0.4 is 0 Å². The van der Waals surface area contributed by atoms with E-state index in [1.165, 1.54) is 36.9 Å². The number of unbranched alkanes of at least 4 members (excludes halogenated alkanes) is 3. The van der Waals surface area contributed by atoms with E-state index in [-0.39, 0.29) is 0 Å². The third-order valence-corrected chi connectivity index (χ3v) is 2.10. The lowest BCUT2D eigenvalue weighted by Crippen LogP contribution is -1.82. The molecule has 1 aromatic rings. The number of aromatic amines is 1. The summed E-state index contributed by atoms with van der Waals surface area (Å²) in [5.74, 6) is 0. The second kappa shape index (κ2) is 5.02. The van der Waals surface area contributed by atoms with Crippen LogP contribution >= 0.6 is 0 Å². The van der Waals surface area contributed by atoms with Crippen molar-refractivity contribution in [1.82, 2.24) is 4.98 Å². The lowest BCUT2D eigenvalue weighted by molar-refractivity contribution is 0.686. The zero-order valence-corrected chi connectivity index (χ0v) is 7.90. The van der Waals surface area contributed by atoms with Crippen molar-refractivity contribution >= 4 is 0 Å². The van der Waals surface area contributed by atoms with Gasteiger partial charge in [-0.15, -0.1) is 0 Å². The van der Waals surface area contributed by atoms with Crippen LogP contribution in [0.15, 0.2) is 12.3 Å². The van der Waals surface area contributed by atoms with Crippen LogP contribution in [-0.4, -0.2) is 4.98 Å². The van der Waals surface area contributed by atoms with Crippen LogP contribution in [0.2, 0.25) is 0 Å². The van der Waals surface area contributed by atoms with Gasteiger partial charge in [0.15, 0.2) is 0 Å². The number of aryl methyl sites for hydroxylation is 2. The van der Waals surface area contributed by atoms with E-state index in [9.17, 15) is 0 Å². The summed E-state index contributed by atoms with van der Waals surface area (Å²) >= 11 is 0. The zero-order chi connectivity index (χ0) is 8.81. The molecule has 0 spiro atoms. The molecule has 1 nitrogen and oxygen atoms in total. The maximum Gasteiger partial charge on any atom is 0.0118 e. The van der Waals surface area contributed by atoms with E-state index >= 15 is 0 Å². The molecule has 67 valence electrons. The summed E-state index contributed by atoms with van der Waals surface area (Å²) in [5.41, 5.74) is 2.71. The second-order valence-electron chi connectivity index (χ2n) is 3.36. The van der Waals surface area contributed by atoms with Gasteiger partial charge in [0, 0.05) is 11.9 Å². The molecule has 0 saturated heterocycles. The minimum atomic E-state index is 1.08.